The van der Waals surface area contributed by atoms with Gasteiger partial charge in [-0.2, -0.15) is 0 Å². The number of nitrogens with zero attached hydrogens (tertiary/aromatic N) is 2. The first kappa shape index (κ1) is 22.3. The van der Waals surface area contributed by atoms with Crippen molar-refractivity contribution in [3.8, 4) is 5.75 Å². The van der Waals surface area contributed by atoms with Gasteiger partial charge in [-0.15, -0.1) is 0 Å². The maximum Gasteiger partial charge on any atom is 0.274 e. The lowest BCUT2D eigenvalue weighted by molar-refractivity contribution is -0.385. The summed E-state index contributed by atoms with van der Waals surface area (Å²) in [6, 6.07) is 15.9. The fraction of sp³-hybridized carbons (Fsp3) is 0.280. The van der Waals surface area contributed by atoms with Crippen molar-refractivity contribution < 1.29 is 19.2 Å². The van der Waals surface area contributed by atoms with E-state index in [-0.39, 0.29) is 23.4 Å². The van der Waals surface area contributed by atoms with Gasteiger partial charge in [0.05, 0.1) is 23.3 Å². The highest BCUT2D eigenvalue weighted by molar-refractivity contribution is 6.08. The molecule has 1 aliphatic heterocycles. The molecule has 0 bridgehead atoms. The van der Waals surface area contributed by atoms with E-state index in [0.29, 0.717) is 48.5 Å². The predicted octanol–water partition coefficient (Wildman–Crippen LogP) is 4.56. The van der Waals surface area contributed by atoms with E-state index in [1.807, 2.05) is 24.3 Å². The molecule has 0 radical (unpaired) electrons. The molecule has 3 aromatic rings. The lowest BCUT2D eigenvalue weighted by atomic mass is 9.94. The molecule has 33 heavy (non-hydrogen) atoms. The smallest absolute Gasteiger partial charge is 0.274 e. The van der Waals surface area contributed by atoms with Gasteiger partial charge in [-0.3, -0.25) is 19.7 Å². The van der Waals surface area contributed by atoms with Crippen LogP contribution in [0.3, 0.4) is 0 Å². The number of carbonyl (C=O) groups is 2. The summed E-state index contributed by atoms with van der Waals surface area (Å²) in [6.45, 7) is 2.55. The van der Waals surface area contributed by atoms with Crippen molar-refractivity contribution in [1.29, 1.82) is 0 Å². The van der Waals surface area contributed by atoms with Crippen LogP contribution >= 0.6 is 0 Å². The van der Waals surface area contributed by atoms with E-state index in [2.05, 4.69) is 5.32 Å². The Bertz CT molecular complexity index is 1230. The molecule has 1 N–H and O–H groups in total. The fourth-order valence-corrected chi connectivity index (χ4v) is 4.34. The average Bonchev–Trinajstić information content (AvgIpc) is 2.84. The number of nitro benzene ring substituents is 1. The monoisotopic (exact) mass is 447 g/mol. The van der Waals surface area contributed by atoms with E-state index in [1.54, 1.807) is 43.2 Å². The summed E-state index contributed by atoms with van der Waals surface area (Å²) in [5.74, 6) is 0.206. The molecule has 8 heteroatoms. The Hall–Kier alpha value is -3.94. The zero-order chi connectivity index (χ0) is 23.5. The normalized spacial score (nSPS) is 14.2. The Labute approximate surface area is 191 Å². The van der Waals surface area contributed by atoms with Gasteiger partial charge in [-0.05, 0) is 43.4 Å². The number of rotatable bonds is 5. The highest BCUT2D eigenvalue weighted by Gasteiger charge is 2.29. The van der Waals surface area contributed by atoms with Gasteiger partial charge in [0.15, 0.2) is 0 Å². The summed E-state index contributed by atoms with van der Waals surface area (Å²) in [5, 5.41) is 15.7. The number of piperidine rings is 1. The summed E-state index contributed by atoms with van der Waals surface area (Å²) in [6.07, 6.45) is 1.05. The zero-order valence-electron chi connectivity index (χ0n) is 18.5. The molecule has 8 nitrogen and oxygen atoms in total. The van der Waals surface area contributed by atoms with Gasteiger partial charge < -0.3 is 15.0 Å². The second kappa shape index (κ2) is 9.28. The molecule has 1 saturated heterocycles. The minimum atomic E-state index is -0.460. The number of amides is 2. The number of likely N-dealkylation sites (tertiary alicyclic amines) is 1. The molecular weight excluding hydrogens is 422 g/mol. The molecule has 0 atom stereocenters. The zero-order valence-corrected chi connectivity index (χ0v) is 18.5. The topological polar surface area (TPSA) is 102 Å². The first-order chi connectivity index (χ1) is 15.9. The lowest BCUT2D eigenvalue weighted by Gasteiger charge is -2.31. The number of hydrogen-bond donors (Lipinski definition) is 1. The Kier molecular flexibility index (Phi) is 6.26. The summed E-state index contributed by atoms with van der Waals surface area (Å²) in [4.78, 5) is 38.5. The Morgan fingerprint density at radius 2 is 1.73 bits per heavy atom. The third kappa shape index (κ3) is 4.37. The van der Waals surface area contributed by atoms with Crippen LogP contribution < -0.4 is 10.1 Å². The Balaban J connectivity index is 1.44. The van der Waals surface area contributed by atoms with E-state index in [9.17, 15) is 19.7 Å². The maximum atomic E-state index is 13.2. The standard InChI is InChI=1S/C25H25N3O5/c1-16-21(8-5-9-22(16)28(31)32)26-24(29)17-12-14-27(15-13-17)25(30)20-10-11-23(33-2)19-7-4-3-6-18(19)20/h3-11,17H,12-15H2,1-2H3,(H,26,29). The van der Waals surface area contributed by atoms with Crippen LogP contribution in [0.4, 0.5) is 11.4 Å². The number of ether oxygens (including phenoxy) is 1. The van der Waals surface area contributed by atoms with Crippen LogP contribution in [0.1, 0.15) is 28.8 Å². The third-order valence-electron chi connectivity index (χ3n) is 6.25. The quantitative estimate of drug-likeness (QED) is 0.456. The van der Waals surface area contributed by atoms with Crippen molar-refractivity contribution in [2.24, 2.45) is 5.92 Å². The largest absolute Gasteiger partial charge is 0.496 e. The molecule has 0 aromatic heterocycles. The highest BCUT2D eigenvalue weighted by Crippen LogP contribution is 2.31. The molecule has 1 heterocycles. The molecule has 0 unspecified atom stereocenters. The number of nitro groups is 1. The van der Waals surface area contributed by atoms with E-state index >= 15 is 0 Å². The average molecular weight is 447 g/mol. The van der Waals surface area contributed by atoms with Crippen molar-refractivity contribution in [3.63, 3.8) is 0 Å². The van der Waals surface area contributed by atoms with E-state index in [0.717, 1.165) is 10.8 Å². The van der Waals surface area contributed by atoms with E-state index in [1.165, 1.54) is 6.07 Å². The van der Waals surface area contributed by atoms with Gasteiger partial charge in [-0.1, -0.05) is 30.3 Å². The summed E-state index contributed by atoms with van der Waals surface area (Å²) < 4.78 is 5.42. The van der Waals surface area contributed by atoms with Gasteiger partial charge in [0.2, 0.25) is 5.91 Å². The molecule has 0 saturated carbocycles. The van der Waals surface area contributed by atoms with Gasteiger partial charge in [0, 0.05) is 36.0 Å². The van der Waals surface area contributed by atoms with E-state index in [4.69, 9.17) is 4.74 Å². The van der Waals surface area contributed by atoms with E-state index < -0.39 is 4.92 Å². The van der Waals surface area contributed by atoms with Gasteiger partial charge >= 0.3 is 0 Å². The van der Waals surface area contributed by atoms with Crippen LogP contribution in [-0.4, -0.2) is 41.8 Å². The third-order valence-corrected chi connectivity index (χ3v) is 6.25. The lowest BCUT2D eigenvalue weighted by Crippen LogP contribution is -2.41. The first-order valence-electron chi connectivity index (χ1n) is 10.8. The van der Waals surface area contributed by atoms with Crippen LogP contribution in [0.15, 0.2) is 54.6 Å². The number of fused-ring (bicyclic) bond motifs is 1. The van der Waals surface area contributed by atoms with Crippen molar-refractivity contribution in [1.82, 2.24) is 4.90 Å². The molecule has 170 valence electrons. The number of methoxy groups -OCH3 is 1. The van der Waals surface area contributed by atoms with Gasteiger partial charge in [0.25, 0.3) is 11.6 Å². The first-order valence-corrected chi connectivity index (χ1v) is 10.8. The van der Waals surface area contributed by atoms with Gasteiger partial charge in [-0.25, -0.2) is 0 Å². The summed E-state index contributed by atoms with van der Waals surface area (Å²) >= 11 is 0. The molecular formula is C25H25N3O5. The molecule has 4 rings (SSSR count). The summed E-state index contributed by atoms with van der Waals surface area (Å²) in [7, 11) is 1.61. The Morgan fingerprint density at radius 3 is 2.39 bits per heavy atom. The molecule has 2 amide bonds. The SMILES string of the molecule is COc1ccc(C(=O)N2CCC(C(=O)Nc3cccc([N+](=O)[O-])c3C)CC2)c2ccccc12. The van der Waals surface area contributed by atoms with Crippen molar-refractivity contribution in [2.45, 2.75) is 19.8 Å². The second-order valence-electron chi connectivity index (χ2n) is 8.12. The van der Waals surface area contributed by atoms with Gasteiger partial charge in [0.1, 0.15) is 5.75 Å². The van der Waals surface area contributed by atoms with Crippen molar-refractivity contribution in [2.75, 3.05) is 25.5 Å². The minimum absolute atomic E-state index is 0.0278. The van der Waals surface area contributed by atoms with Crippen LogP contribution in [0.2, 0.25) is 0 Å². The minimum Gasteiger partial charge on any atom is -0.496 e. The highest BCUT2D eigenvalue weighted by atomic mass is 16.6. The van der Waals surface area contributed by atoms with Crippen LogP contribution in [-0.2, 0) is 4.79 Å². The van der Waals surface area contributed by atoms with Crippen LogP contribution in [0.5, 0.6) is 5.75 Å². The van der Waals surface area contributed by atoms with Crippen molar-refractivity contribution in [3.05, 3.63) is 75.8 Å². The van der Waals surface area contributed by atoms with Crippen LogP contribution in [0.25, 0.3) is 10.8 Å². The molecule has 1 fully saturated rings. The predicted molar refractivity (Wildman–Crippen MR) is 126 cm³/mol. The molecule has 0 spiro atoms. The maximum absolute atomic E-state index is 13.2. The molecule has 0 aliphatic carbocycles. The second-order valence-corrected chi connectivity index (χ2v) is 8.12. The number of nitrogens with one attached hydrogen (secondary N) is 1. The number of benzene rings is 3. The van der Waals surface area contributed by atoms with Crippen LogP contribution in [0, 0.1) is 23.0 Å². The Morgan fingerprint density at radius 1 is 1.03 bits per heavy atom. The molecule has 3 aromatic carbocycles. The fourth-order valence-electron chi connectivity index (χ4n) is 4.34. The number of hydrogen-bond acceptors (Lipinski definition) is 5. The summed E-state index contributed by atoms with van der Waals surface area (Å²) in [5.41, 5.74) is 1.45. The number of carbonyl (C=O) groups excluding carboxylic acids is 2. The van der Waals surface area contributed by atoms with Crippen molar-refractivity contribution >= 4 is 34.0 Å². The molecule has 1 aliphatic rings. The number of anilines is 1.